The van der Waals surface area contributed by atoms with E-state index in [0.29, 0.717) is 6.04 Å². The third-order valence-corrected chi connectivity index (χ3v) is 3.57. The first-order valence-corrected chi connectivity index (χ1v) is 6.95. The van der Waals surface area contributed by atoms with Crippen molar-refractivity contribution in [2.24, 2.45) is 0 Å². The predicted octanol–water partition coefficient (Wildman–Crippen LogP) is 0.985. The lowest BCUT2D eigenvalue weighted by Crippen LogP contribution is -2.50. The number of nitrogens with one attached hydrogen (secondary N) is 1. The molecule has 1 aliphatic rings. The standard InChI is InChI=1S/C15H19N5/c1-20-9-8-17-13(11-20)10-15-18-7-4-14(19-15)12-2-5-16-6-3-12/h2-7,13,17H,8-11H2,1H3. The van der Waals surface area contributed by atoms with E-state index in [4.69, 9.17) is 0 Å². The van der Waals surface area contributed by atoms with E-state index in [9.17, 15) is 0 Å². The van der Waals surface area contributed by atoms with Crippen molar-refractivity contribution in [2.45, 2.75) is 12.5 Å². The van der Waals surface area contributed by atoms with Crippen LogP contribution in [0.3, 0.4) is 0 Å². The third kappa shape index (κ3) is 3.18. The van der Waals surface area contributed by atoms with Gasteiger partial charge in [-0.25, -0.2) is 9.97 Å². The molecule has 0 radical (unpaired) electrons. The van der Waals surface area contributed by atoms with E-state index < -0.39 is 0 Å². The molecule has 0 aromatic carbocycles. The average Bonchev–Trinajstić information content (AvgIpc) is 2.48. The van der Waals surface area contributed by atoms with Gasteiger partial charge in [0.05, 0.1) is 5.69 Å². The quantitative estimate of drug-likeness (QED) is 0.900. The van der Waals surface area contributed by atoms with E-state index in [1.807, 2.05) is 24.4 Å². The van der Waals surface area contributed by atoms with Crippen LogP contribution in [0.25, 0.3) is 11.3 Å². The number of nitrogens with zero attached hydrogens (tertiary/aromatic N) is 4. The summed E-state index contributed by atoms with van der Waals surface area (Å²) in [6.45, 7) is 3.18. The monoisotopic (exact) mass is 269 g/mol. The number of hydrogen-bond acceptors (Lipinski definition) is 5. The van der Waals surface area contributed by atoms with Gasteiger partial charge in [0.2, 0.25) is 0 Å². The lowest BCUT2D eigenvalue weighted by molar-refractivity contribution is 0.236. The number of pyridine rings is 1. The Bertz CT molecular complexity index is 557. The van der Waals surface area contributed by atoms with Gasteiger partial charge in [-0.15, -0.1) is 0 Å². The Morgan fingerprint density at radius 3 is 2.90 bits per heavy atom. The molecule has 2 aromatic heterocycles. The molecule has 2 aromatic rings. The van der Waals surface area contributed by atoms with Crippen LogP contribution in [0.15, 0.2) is 36.8 Å². The number of hydrogen-bond donors (Lipinski definition) is 1. The SMILES string of the molecule is CN1CCNC(Cc2nccc(-c3ccncc3)n2)C1. The van der Waals surface area contributed by atoms with Crippen LogP contribution in [0.5, 0.6) is 0 Å². The molecule has 1 unspecified atom stereocenters. The molecule has 0 spiro atoms. The largest absolute Gasteiger partial charge is 0.311 e. The summed E-state index contributed by atoms with van der Waals surface area (Å²) in [6.07, 6.45) is 6.28. The van der Waals surface area contributed by atoms with Crippen molar-refractivity contribution in [3.8, 4) is 11.3 Å². The van der Waals surface area contributed by atoms with Crippen LogP contribution >= 0.6 is 0 Å². The predicted molar refractivity (Wildman–Crippen MR) is 78.3 cm³/mol. The van der Waals surface area contributed by atoms with Gasteiger partial charge in [-0.3, -0.25) is 4.98 Å². The Balaban J connectivity index is 1.74. The van der Waals surface area contributed by atoms with Crippen LogP contribution in [-0.4, -0.2) is 52.6 Å². The van der Waals surface area contributed by atoms with Crippen molar-refractivity contribution in [2.75, 3.05) is 26.7 Å². The fraction of sp³-hybridized carbons (Fsp3) is 0.400. The summed E-state index contributed by atoms with van der Waals surface area (Å²) in [6, 6.07) is 6.32. The molecule has 20 heavy (non-hydrogen) atoms. The zero-order valence-electron chi connectivity index (χ0n) is 11.7. The molecular weight excluding hydrogens is 250 g/mol. The molecule has 1 aliphatic heterocycles. The molecule has 0 saturated carbocycles. The molecule has 1 saturated heterocycles. The lowest BCUT2D eigenvalue weighted by Gasteiger charge is -2.30. The van der Waals surface area contributed by atoms with Gasteiger partial charge >= 0.3 is 0 Å². The minimum absolute atomic E-state index is 0.432. The second-order valence-corrected chi connectivity index (χ2v) is 5.21. The van der Waals surface area contributed by atoms with Crippen molar-refractivity contribution in [3.63, 3.8) is 0 Å². The van der Waals surface area contributed by atoms with E-state index in [1.165, 1.54) is 0 Å². The number of aromatic nitrogens is 3. The topological polar surface area (TPSA) is 53.9 Å². The average molecular weight is 269 g/mol. The zero-order valence-corrected chi connectivity index (χ0v) is 11.7. The maximum atomic E-state index is 4.66. The fourth-order valence-corrected chi connectivity index (χ4v) is 2.53. The van der Waals surface area contributed by atoms with E-state index in [0.717, 1.165) is 43.1 Å². The summed E-state index contributed by atoms with van der Waals surface area (Å²) in [4.78, 5) is 15.4. The van der Waals surface area contributed by atoms with Crippen molar-refractivity contribution >= 4 is 0 Å². The van der Waals surface area contributed by atoms with Gasteiger partial charge < -0.3 is 10.2 Å². The Kier molecular flexibility index (Phi) is 3.99. The molecule has 1 N–H and O–H groups in total. The van der Waals surface area contributed by atoms with E-state index in [1.54, 1.807) is 12.4 Å². The molecule has 0 amide bonds. The molecule has 5 heteroatoms. The Labute approximate surface area is 119 Å². The molecule has 3 rings (SSSR count). The summed E-state index contributed by atoms with van der Waals surface area (Å²) in [5, 5.41) is 3.53. The highest BCUT2D eigenvalue weighted by atomic mass is 15.2. The Morgan fingerprint density at radius 2 is 2.10 bits per heavy atom. The first-order chi connectivity index (χ1) is 9.81. The first kappa shape index (κ1) is 13.1. The highest BCUT2D eigenvalue weighted by Gasteiger charge is 2.17. The van der Waals surface area contributed by atoms with Gasteiger partial charge in [0.25, 0.3) is 0 Å². The van der Waals surface area contributed by atoms with Gasteiger partial charge in [-0.05, 0) is 25.2 Å². The van der Waals surface area contributed by atoms with Crippen LogP contribution in [0.4, 0.5) is 0 Å². The van der Waals surface area contributed by atoms with E-state index in [-0.39, 0.29) is 0 Å². The zero-order chi connectivity index (χ0) is 13.8. The van der Waals surface area contributed by atoms with Crippen LogP contribution < -0.4 is 5.32 Å². The molecular formula is C15H19N5. The molecule has 1 atom stereocenters. The summed E-state index contributed by atoms with van der Waals surface area (Å²) < 4.78 is 0. The summed E-state index contributed by atoms with van der Waals surface area (Å²) >= 11 is 0. The first-order valence-electron chi connectivity index (χ1n) is 6.95. The number of likely N-dealkylation sites (N-methyl/N-ethyl adjacent to an activating group) is 1. The lowest BCUT2D eigenvalue weighted by atomic mass is 10.1. The van der Waals surface area contributed by atoms with E-state index >= 15 is 0 Å². The molecule has 3 heterocycles. The van der Waals surface area contributed by atoms with Crippen LogP contribution in [0.1, 0.15) is 5.82 Å². The maximum absolute atomic E-state index is 4.66. The van der Waals surface area contributed by atoms with Gasteiger partial charge in [0.1, 0.15) is 5.82 Å². The summed E-state index contributed by atoms with van der Waals surface area (Å²) in [7, 11) is 2.15. The van der Waals surface area contributed by atoms with E-state index in [2.05, 4.69) is 32.2 Å². The van der Waals surface area contributed by atoms with Gasteiger partial charge in [-0.1, -0.05) is 0 Å². The molecule has 0 bridgehead atoms. The van der Waals surface area contributed by atoms with Gasteiger partial charge in [-0.2, -0.15) is 0 Å². The van der Waals surface area contributed by atoms with Crippen molar-refractivity contribution in [1.82, 2.24) is 25.2 Å². The van der Waals surface area contributed by atoms with Crippen LogP contribution in [0, 0.1) is 0 Å². The fourth-order valence-electron chi connectivity index (χ4n) is 2.53. The highest BCUT2D eigenvalue weighted by Crippen LogP contribution is 2.15. The summed E-state index contributed by atoms with van der Waals surface area (Å²) in [5.41, 5.74) is 2.04. The Hall–Kier alpha value is -1.85. The number of rotatable bonds is 3. The van der Waals surface area contributed by atoms with Crippen molar-refractivity contribution < 1.29 is 0 Å². The van der Waals surface area contributed by atoms with Crippen LogP contribution in [-0.2, 0) is 6.42 Å². The van der Waals surface area contributed by atoms with Crippen molar-refractivity contribution in [1.29, 1.82) is 0 Å². The molecule has 0 aliphatic carbocycles. The third-order valence-electron chi connectivity index (χ3n) is 3.57. The molecule has 5 nitrogen and oxygen atoms in total. The van der Waals surface area contributed by atoms with Gasteiger partial charge in [0, 0.05) is 56.3 Å². The summed E-state index contributed by atoms with van der Waals surface area (Å²) in [5.74, 6) is 0.895. The minimum atomic E-state index is 0.432. The second kappa shape index (κ2) is 6.07. The molecule has 1 fully saturated rings. The second-order valence-electron chi connectivity index (χ2n) is 5.21. The van der Waals surface area contributed by atoms with Crippen molar-refractivity contribution in [3.05, 3.63) is 42.6 Å². The Morgan fingerprint density at radius 1 is 1.25 bits per heavy atom. The number of piperazine rings is 1. The minimum Gasteiger partial charge on any atom is -0.311 e. The smallest absolute Gasteiger partial charge is 0.130 e. The molecule has 104 valence electrons. The van der Waals surface area contributed by atoms with Gasteiger partial charge in [0.15, 0.2) is 0 Å². The normalized spacial score (nSPS) is 19.9. The van der Waals surface area contributed by atoms with Crippen LogP contribution in [0.2, 0.25) is 0 Å². The maximum Gasteiger partial charge on any atom is 0.130 e. The highest BCUT2D eigenvalue weighted by molar-refractivity contribution is 5.57.